The Balaban J connectivity index is 1.94. The maximum absolute atomic E-state index is 11.9. The molecule has 0 aliphatic carbocycles. The molecular formula is C14H21N3O2. The Morgan fingerprint density at radius 3 is 2.74 bits per heavy atom. The van der Waals surface area contributed by atoms with Gasteiger partial charge in [0.15, 0.2) is 0 Å². The molecule has 1 aliphatic heterocycles. The van der Waals surface area contributed by atoms with Gasteiger partial charge in [0, 0.05) is 0 Å². The Morgan fingerprint density at radius 1 is 1.32 bits per heavy atom. The van der Waals surface area contributed by atoms with Crippen molar-refractivity contribution in [3.8, 4) is 0 Å². The predicted molar refractivity (Wildman–Crippen MR) is 73.1 cm³/mol. The summed E-state index contributed by atoms with van der Waals surface area (Å²) in [4.78, 5) is 11.9. The van der Waals surface area contributed by atoms with Crippen molar-refractivity contribution in [3.63, 3.8) is 0 Å². The van der Waals surface area contributed by atoms with Gasteiger partial charge in [0.2, 0.25) is 0 Å². The van der Waals surface area contributed by atoms with Gasteiger partial charge in [0.1, 0.15) is 6.04 Å². The van der Waals surface area contributed by atoms with Gasteiger partial charge in [-0.05, 0) is 12.0 Å². The fourth-order valence-electron chi connectivity index (χ4n) is 2.15. The number of unbranched alkanes of at least 4 members (excludes halogenated alkanes) is 1. The van der Waals surface area contributed by atoms with Gasteiger partial charge in [-0.15, -0.1) is 0 Å². The van der Waals surface area contributed by atoms with Gasteiger partial charge in [-0.2, -0.15) is 0 Å². The summed E-state index contributed by atoms with van der Waals surface area (Å²) in [6, 6.07) is 8.93. The maximum Gasteiger partial charge on any atom is 0.326 e. The molecule has 5 heteroatoms. The first-order chi connectivity index (χ1) is 9.24. The third kappa shape index (κ3) is 3.32. The molecule has 1 fully saturated rings. The van der Waals surface area contributed by atoms with Crippen LogP contribution in [0.2, 0.25) is 0 Å². The topological polar surface area (TPSA) is 76.4 Å². The summed E-state index contributed by atoms with van der Waals surface area (Å²) >= 11 is 0. The standard InChI is InChI=1S/C14H21N3O2/c1-2-3-9-19-14(18)13-11(15)12(16-17-13)10-7-5-4-6-8-10/h4-8,11-13,16-17H,2-3,9,15H2,1H3. The Labute approximate surface area is 113 Å². The third-order valence-electron chi connectivity index (χ3n) is 3.32. The number of nitrogens with two attached hydrogens (primary N) is 1. The number of carbonyl (C=O) groups is 1. The molecule has 104 valence electrons. The van der Waals surface area contributed by atoms with E-state index in [9.17, 15) is 4.79 Å². The van der Waals surface area contributed by atoms with Crippen molar-refractivity contribution in [2.75, 3.05) is 6.61 Å². The van der Waals surface area contributed by atoms with E-state index in [0.717, 1.165) is 18.4 Å². The van der Waals surface area contributed by atoms with Crippen molar-refractivity contribution in [1.82, 2.24) is 10.9 Å². The normalized spacial score (nSPS) is 26.3. The van der Waals surface area contributed by atoms with Crippen LogP contribution in [0.25, 0.3) is 0 Å². The van der Waals surface area contributed by atoms with Crippen molar-refractivity contribution in [2.24, 2.45) is 5.73 Å². The molecule has 0 spiro atoms. The van der Waals surface area contributed by atoms with Crippen molar-refractivity contribution in [3.05, 3.63) is 35.9 Å². The zero-order valence-electron chi connectivity index (χ0n) is 11.1. The fraction of sp³-hybridized carbons (Fsp3) is 0.500. The number of hydrogen-bond acceptors (Lipinski definition) is 5. The highest BCUT2D eigenvalue weighted by atomic mass is 16.5. The minimum absolute atomic E-state index is 0.0788. The average Bonchev–Trinajstić information content (AvgIpc) is 2.82. The first-order valence-corrected chi connectivity index (χ1v) is 6.72. The zero-order chi connectivity index (χ0) is 13.7. The Bertz CT molecular complexity index is 410. The van der Waals surface area contributed by atoms with Gasteiger partial charge in [-0.3, -0.25) is 4.79 Å². The quantitative estimate of drug-likeness (QED) is 0.543. The van der Waals surface area contributed by atoms with E-state index in [1.165, 1.54) is 0 Å². The van der Waals surface area contributed by atoms with Gasteiger partial charge in [0.25, 0.3) is 0 Å². The molecule has 0 bridgehead atoms. The van der Waals surface area contributed by atoms with Crippen LogP contribution < -0.4 is 16.6 Å². The number of esters is 1. The number of benzene rings is 1. The van der Waals surface area contributed by atoms with Crippen molar-refractivity contribution in [2.45, 2.75) is 37.9 Å². The number of hydrogen-bond donors (Lipinski definition) is 3. The van der Waals surface area contributed by atoms with E-state index in [1.54, 1.807) is 0 Å². The number of rotatable bonds is 5. The molecule has 2 rings (SSSR count). The van der Waals surface area contributed by atoms with Crippen LogP contribution >= 0.6 is 0 Å². The highest BCUT2D eigenvalue weighted by Gasteiger charge is 2.39. The molecule has 1 heterocycles. The van der Waals surface area contributed by atoms with Crippen LogP contribution in [0.5, 0.6) is 0 Å². The monoisotopic (exact) mass is 263 g/mol. The van der Waals surface area contributed by atoms with Gasteiger partial charge < -0.3 is 10.5 Å². The molecule has 0 amide bonds. The highest BCUT2D eigenvalue weighted by Crippen LogP contribution is 2.21. The van der Waals surface area contributed by atoms with E-state index in [0.29, 0.717) is 6.61 Å². The summed E-state index contributed by atoms with van der Waals surface area (Å²) in [7, 11) is 0. The smallest absolute Gasteiger partial charge is 0.326 e. The van der Waals surface area contributed by atoms with Crippen LogP contribution in [0.4, 0.5) is 0 Å². The van der Waals surface area contributed by atoms with Gasteiger partial charge >= 0.3 is 5.97 Å². The molecule has 0 aromatic heterocycles. The van der Waals surface area contributed by atoms with Crippen LogP contribution in [-0.4, -0.2) is 24.7 Å². The van der Waals surface area contributed by atoms with Crippen LogP contribution in [-0.2, 0) is 9.53 Å². The minimum atomic E-state index is -0.498. The third-order valence-corrected chi connectivity index (χ3v) is 3.32. The van der Waals surface area contributed by atoms with E-state index in [1.807, 2.05) is 30.3 Å². The lowest BCUT2D eigenvalue weighted by Crippen LogP contribution is -2.45. The number of hydrazine groups is 1. The SMILES string of the molecule is CCCCOC(=O)C1NNC(c2ccccc2)C1N. The molecule has 3 unspecified atom stereocenters. The second-order valence-electron chi connectivity index (χ2n) is 4.75. The van der Waals surface area contributed by atoms with Gasteiger partial charge in [0.05, 0.1) is 18.7 Å². The summed E-state index contributed by atoms with van der Waals surface area (Å²) in [6.07, 6.45) is 1.88. The molecule has 4 N–H and O–H groups in total. The van der Waals surface area contributed by atoms with Crippen LogP contribution in [0.1, 0.15) is 31.4 Å². The largest absolute Gasteiger partial charge is 0.464 e. The van der Waals surface area contributed by atoms with Gasteiger partial charge in [-0.1, -0.05) is 43.7 Å². The van der Waals surface area contributed by atoms with E-state index >= 15 is 0 Å². The van der Waals surface area contributed by atoms with Crippen molar-refractivity contribution >= 4 is 5.97 Å². The molecule has 1 aliphatic rings. The van der Waals surface area contributed by atoms with Crippen molar-refractivity contribution in [1.29, 1.82) is 0 Å². The van der Waals surface area contributed by atoms with Crippen LogP contribution in [0.3, 0.4) is 0 Å². The van der Waals surface area contributed by atoms with E-state index in [-0.39, 0.29) is 18.1 Å². The lowest BCUT2D eigenvalue weighted by atomic mass is 9.97. The summed E-state index contributed by atoms with van der Waals surface area (Å²) in [5.41, 5.74) is 13.2. The molecule has 3 atom stereocenters. The Hall–Kier alpha value is -1.43. The zero-order valence-corrected chi connectivity index (χ0v) is 11.1. The Kier molecular flexibility index (Phi) is 4.90. The molecular weight excluding hydrogens is 242 g/mol. The minimum Gasteiger partial charge on any atom is -0.464 e. The van der Waals surface area contributed by atoms with Gasteiger partial charge in [-0.25, -0.2) is 10.9 Å². The first kappa shape index (κ1) is 14.0. The summed E-state index contributed by atoms with van der Waals surface area (Å²) in [6.45, 7) is 2.51. The Morgan fingerprint density at radius 2 is 2.05 bits per heavy atom. The number of ether oxygens (including phenoxy) is 1. The summed E-state index contributed by atoms with van der Waals surface area (Å²) < 4.78 is 5.20. The molecule has 5 nitrogen and oxygen atoms in total. The average molecular weight is 263 g/mol. The fourth-order valence-corrected chi connectivity index (χ4v) is 2.15. The first-order valence-electron chi connectivity index (χ1n) is 6.72. The highest BCUT2D eigenvalue weighted by molar-refractivity contribution is 5.77. The molecule has 1 saturated heterocycles. The molecule has 1 aromatic carbocycles. The lowest BCUT2D eigenvalue weighted by molar-refractivity contribution is -0.146. The van der Waals surface area contributed by atoms with Crippen LogP contribution in [0.15, 0.2) is 30.3 Å². The summed E-state index contributed by atoms with van der Waals surface area (Å²) in [5, 5.41) is 0. The number of carbonyl (C=O) groups excluding carboxylic acids is 1. The lowest BCUT2D eigenvalue weighted by Gasteiger charge is -2.17. The summed E-state index contributed by atoms with van der Waals surface area (Å²) in [5.74, 6) is -0.285. The maximum atomic E-state index is 11.9. The molecule has 0 radical (unpaired) electrons. The van der Waals surface area contributed by atoms with E-state index < -0.39 is 6.04 Å². The molecule has 0 saturated carbocycles. The van der Waals surface area contributed by atoms with E-state index in [2.05, 4.69) is 17.8 Å². The molecule has 1 aromatic rings. The number of nitrogens with one attached hydrogen (secondary N) is 2. The molecule has 19 heavy (non-hydrogen) atoms. The second-order valence-corrected chi connectivity index (χ2v) is 4.75. The van der Waals surface area contributed by atoms with E-state index in [4.69, 9.17) is 10.5 Å². The predicted octanol–water partition coefficient (Wildman–Crippen LogP) is 0.875. The van der Waals surface area contributed by atoms with Crippen LogP contribution in [0, 0.1) is 0 Å². The second kappa shape index (κ2) is 6.65. The van der Waals surface area contributed by atoms with Crippen molar-refractivity contribution < 1.29 is 9.53 Å².